The molecule has 0 heterocycles. The van der Waals surface area contributed by atoms with Gasteiger partial charge in [0.2, 0.25) is 0 Å². The first-order chi connectivity index (χ1) is 9.29. The van der Waals surface area contributed by atoms with Crippen molar-refractivity contribution >= 4 is 11.7 Å². The lowest BCUT2D eigenvalue weighted by Gasteiger charge is -2.17. The smallest absolute Gasteiger partial charge is 0.416 e. The number of halogens is 3. The van der Waals surface area contributed by atoms with E-state index in [-0.39, 0.29) is 11.3 Å². The highest BCUT2D eigenvalue weighted by Crippen LogP contribution is 2.31. The molecular weight excluding hydrogens is 273 g/mol. The van der Waals surface area contributed by atoms with Gasteiger partial charge in [0.05, 0.1) is 16.8 Å². The van der Waals surface area contributed by atoms with Gasteiger partial charge in [0.25, 0.3) is 0 Å². The number of aliphatic carboxylic acids is 1. The summed E-state index contributed by atoms with van der Waals surface area (Å²) in [7, 11) is 0. The van der Waals surface area contributed by atoms with Gasteiger partial charge in [-0.1, -0.05) is 13.3 Å². The van der Waals surface area contributed by atoms with Crippen molar-refractivity contribution in [1.29, 1.82) is 5.26 Å². The molecule has 0 aliphatic carbocycles. The number of hydrogen-bond donors (Lipinski definition) is 2. The number of nitrogens with zero attached hydrogens (tertiary/aromatic N) is 1. The fraction of sp³-hybridized carbons (Fsp3) is 0.385. The molecule has 0 fully saturated rings. The maximum atomic E-state index is 12.5. The Kier molecular flexibility index (Phi) is 4.97. The topological polar surface area (TPSA) is 73.1 Å². The molecule has 1 aromatic carbocycles. The summed E-state index contributed by atoms with van der Waals surface area (Å²) in [5.74, 6) is -1.12. The molecule has 7 heteroatoms. The average molecular weight is 286 g/mol. The summed E-state index contributed by atoms with van der Waals surface area (Å²) in [6.07, 6.45) is -3.65. The fourth-order valence-corrected chi connectivity index (χ4v) is 1.67. The van der Waals surface area contributed by atoms with Crippen molar-refractivity contribution in [3.05, 3.63) is 29.3 Å². The van der Waals surface area contributed by atoms with E-state index in [0.717, 1.165) is 12.1 Å². The van der Waals surface area contributed by atoms with Crippen LogP contribution in [0.4, 0.5) is 18.9 Å². The monoisotopic (exact) mass is 286 g/mol. The van der Waals surface area contributed by atoms with Gasteiger partial charge >= 0.3 is 12.1 Å². The predicted molar refractivity (Wildman–Crippen MR) is 66.1 cm³/mol. The SMILES string of the molecule is CCCC(Nc1ccc(C(F)(F)F)cc1C#N)C(=O)O. The van der Waals surface area contributed by atoms with Crippen LogP contribution in [0.2, 0.25) is 0 Å². The van der Waals surface area contributed by atoms with Gasteiger partial charge in [-0.2, -0.15) is 18.4 Å². The molecule has 0 spiro atoms. The van der Waals surface area contributed by atoms with Crippen LogP contribution in [0.25, 0.3) is 0 Å². The lowest BCUT2D eigenvalue weighted by molar-refractivity contribution is -0.138. The quantitative estimate of drug-likeness (QED) is 0.871. The lowest BCUT2D eigenvalue weighted by atomic mass is 10.1. The van der Waals surface area contributed by atoms with Crippen molar-refractivity contribution in [2.45, 2.75) is 32.0 Å². The normalized spacial score (nSPS) is 12.6. The molecule has 1 rings (SSSR count). The van der Waals surface area contributed by atoms with Crippen LogP contribution < -0.4 is 5.32 Å². The number of anilines is 1. The first kappa shape index (κ1) is 15.8. The van der Waals surface area contributed by atoms with Crippen LogP contribution in [-0.2, 0) is 11.0 Å². The van der Waals surface area contributed by atoms with E-state index in [2.05, 4.69) is 5.32 Å². The van der Waals surface area contributed by atoms with Gasteiger partial charge in [-0.15, -0.1) is 0 Å². The molecule has 1 aromatic rings. The third kappa shape index (κ3) is 3.88. The molecule has 0 saturated carbocycles. The molecule has 108 valence electrons. The molecule has 0 aliphatic heterocycles. The molecule has 0 aromatic heterocycles. The van der Waals surface area contributed by atoms with Gasteiger partial charge in [0, 0.05) is 0 Å². The summed E-state index contributed by atoms with van der Waals surface area (Å²) in [6, 6.07) is 3.29. The van der Waals surface area contributed by atoms with E-state index in [1.54, 1.807) is 13.0 Å². The largest absolute Gasteiger partial charge is 0.480 e. The Bertz CT molecular complexity index is 535. The number of benzene rings is 1. The van der Waals surface area contributed by atoms with Gasteiger partial charge in [0.15, 0.2) is 0 Å². The minimum Gasteiger partial charge on any atom is -0.480 e. The maximum Gasteiger partial charge on any atom is 0.416 e. The highest BCUT2D eigenvalue weighted by molar-refractivity contribution is 5.78. The molecule has 20 heavy (non-hydrogen) atoms. The average Bonchev–Trinajstić information content (AvgIpc) is 2.37. The molecule has 1 unspecified atom stereocenters. The molecule has 0 radical (unpaired) electrons. The third-order valence-electron chi connectivity index (χ3n) is 2.67. The van der Waals surface area contributed by atoms with Gasteiger partial charge in [-0.3, -0.25) is 0 Å². The second kappa shape index (κ2) is 6.28. The van der Waals surface area contributed by atoms with E-state index in [1.165, 1.54) is 0 Å². The summed E-state index contributed by atoms with van der Waals surface area (Å²) in [5, 5.41) is 20.5. The van der Waals surface area contributed by atoms with E-state index in [9.17, 15) is 18.0 Å². The minimum absolute atomic E-state index is 0.0846. The first-order valence-electron chi connectivity index (χ1n) is 5.90. The molecule has 0 bridgehead atoms. The van der Waals surface area contributed by atoms with Crippen LogP contribution in [0.3, 0.4) is 0 Å². The van der Waals surface area contributed by atoms with E-state index in [0.29, 0.717) is 18.9 Å². The number of hydrogen-bond acceptors (Lipinski definition) is 3. The maximum absolute atomic E-state index is 12.5. The van der Waals surface area contributed by atoms with E-state index >= 15 is 0 Å². The molecule has 0 saturated heterocycles. The zero-order valence-electron chi connectivity index (χ0n) is 10.7. The zero-order valence-corrected chi connectivity index (χ0v) is 10.7. The Balaban J connectivity index is 3.08. The number of rotatable bonds is 5. The number of carboxylic acid groups (broad SMARTS) is 1. The summed E-state index contributed by atoms with van der Waals surface area (Å²) in [5.41, 5.74) is -1.09. The van der Waals surface area contributed by atoms with Crippen molar-refractivity contribution in [3.8, 4) is 6.07 Å². The highest BCUT2D eigenvalue weighted by Gasteiger charge is 2.31. The van der Waals surface area contributed by atoms with Crippen molar-refractivity contribution in [1.82, 2.24) is 0 Å². The zero-order chi connectivity index (χ0) is 15.3. The van der Waals surface area contributed by atoms with Gasteiger partial charge in [0.1, 0.15) is 12.1 Å². The number of alkyl halides is 3. The third-order valence-corrected chi connectivity index (χ3v) is 2.67. The Labute approximate surface area is 113 Å². The molecular formula is C13H13F3N2O2. The van der Waals surface area contributed by atoms with Crippen LogP contribution >= 0.6 is 0 Å². The van der Waals surface area contributed by atoms with Gasteiger partial charge in [-0.05, 0) is 24.6 Å². The van der Waals surface area contributed by atoms with E-state index in [1.807, 2.05) is 0 Å². The second-order valence-corrected chi connectivity index (χ2v) is 4.19. The summed E-state index contributed by atoms with van der Waals surface area (Å²) in [4.78, 5) is 11.0. The first-order valence-corrected chi connectivity index (χ1v) is 5.90. The van der Waals surface area contributed by atoms with E-state index in [4.69, 9.17) is 10.4 Å². The van der Waals surface area contributed by atoms with Crippen LogP contribution in [0, 0.1) is 11.3 Å². The van der Waals surface area contributed by atoms with E-state index < -0.39 is 23.8 Å². The number of carboxylic acids is 1. The van der Waals surface area contributed by atoms with Gasteiger partial charge in [-0.25, -0.2) is 4.79 Å². The lowest BCUT2D eigenvalue weighted by Crippen LogP contribution is -2.29. The number of carbonyl (C=O) groups is 1. The van der Waals surface area contributed by atoms with Crippen molar-refractivity contribution < 1.29 is 23.1 Å². The van der Waals surface area contributed by atoms with Crippen LogP contribution in [0.1, 0.15) is 30.9 Å². The Hall–Kier alpha value is -2.23. The molecule has 2 N–H and O–H groups in total. The number of nitriles is 1. The Morgan fingerprint density at radius 3 is 2.60 bits per heavy atom. The van der Waals surface area contributed by atoms with Crippen LogP contribution in [0.5, 0.6) is 0 Å². The van der Waals surface area contributed by atoms with Crippen molar-refractivity contribution in [3.63, 3.8) is 0 Å². The predicted octanol–water partition coefficient (Wildman–Crippen LogP) is 3.24. The second-order valence-electron chi connectivity index (χ2n) is 4.19. The minimum atomic E-state index is -4.54. The summed E-state index contributed by atoms with van der Waals surface area (Å²) in [6.45, 7) is 1.79. The standard InChI is InChI=1S/C13H13F3N2O2/c1-2-3-11(12(19)20)18-10-5-4-9(13(14,15)16)6-8(10)7-17/h4-6,11,18H,2-3H2,1H3,(H,19,20). The highest BCUT2D eigenvalue weighted by atomic mass is 19.4. The van der Waals surface area contributed by atoms with Crippen LogP contribution in [0.15, 0.2) is 18.2 Å². The van der Waals surface area contributed by atoms with Crippen molar-refractivity contribution in [2.75, 3.05) is 5.32 Å². The Morgan fingerprint density at radius 2 is 2.15 bits per heavy atom. The van der Waals surface area contributed by atoms with Gasteiger partial charge < -0.3 is 10.4 Å². The van der Waals surface area contributed by atoms with Crippen LogP contribution in [-0.4, -0.2) is 17.1 Å². The molecule has 1 atom stereocenters. The fourth-order valence-electron chi connectivity index (χ4n) is 1.67. The summed E-state index contributed by atoms with van der Waals surface area (Å²) >= 11 is 0. The Morgan fingerprint density at radius 1 is 1.50 bits per heavy atom. The number of nitrogens with one attached hydrogen (secondary N) is 1. The molecule has 4 nitrogen and oxygen atoms in total. The molecule has 0 amide bonds. The van der Waals surface area contributed by atoms with Crippen molar-refractivity contribution in [2.24, 2.45) is 0 Å². The molecule has 0 aliphatic rings. The summed E-state index contributed by atoms with van der Waals surface area (Å²) < 4.78 is 37.6.